The fraction of sp³-hybridized carbons (Fsp3) is 0.308. The summed E-state index contributed by atoms with van der Waals surface area (Å²) in [6.07, 6.45) is 0. The average molecular weight is 368 g/mol. The van der Waals surface area contributed by atoms with E-state index >= 15 is 0 Å². The van der Waals surface area contributed by atoms with E-state index < -0.39 is 14.5 Å². The summed E-state index contributed by atoms with van der Waals surface area (Å²) in [4.78, 5) is -0.182. The molecule has 0 aliphatic rings. The molecule has 0 radical (unpaired) electrons. The maximum atomic E-state index is 11.8. The van der Waals surface area contributed by atoms with Crippen LogP contribution in [0.4, 0.5) is 0 Å². The molecule has 4 nitrogen and oxygen atoms in total. The van der Waals surface area contributed by atoms with Gasteiger partial charge in [-0.15, -0.1) is 0 Å². The standard InChI is InChI=1S/C13H13Cl3N2O2S/c1-13(2,3)11-10(21(16,19)20)12(15)18(17-11)9-7-5-4-6-8(9)14/h4-7H,1-3H3. The van der Waals surface area contributed by atoms with Crippen molar-refractivity contribution in [3.8, 4) is 5.69 Å². The van der Waals surface area contributed by atoms with Crippen molar-refractivity contribution >= 4 is 42.9 Å². The van der Waals surface area contributed by atoms with Crippen LogP contribution in [0.1, 0.15) is 26.5 Å². The normalized spacial score (nSPS) is 12.7. The van der Waals surface area contributed by atoms with Gasteiger partial charge in [-0.1, -0.05) is 56.1 Å². The maximum absolute atomic E-state index is 11.8. The van der Waals surface area contributed by atoms with Crippen LogP contribution in [-0.4, -0.2) is 18.2 Å². The van der Waals surface area contributed by atoms with Gasteiger partial charge >= 0.3 is 0 Å². The van der Waals surface area contributed by atoms with Crippen molar-refractivity contribution in [2.75, 3.05) is 0 Å². The Morgan fingerprint density at radius 1 is 1.14 bits per heavy atom. The first-order valence-corrected chi connectivity index (χ1v) is 9.08. The zero-order chi connectivity index (χ0) is 16.0. The first kappa shape index (κ1) is 16.6. The van der Waals surface area contributed by atoms with Crippen molar-refractivity contribution in [2.45, 2.75) is 31.1 Å². The van der Waals surface area contributed by atoms with Crippen LogP contribution in [0.2, 0.25) is 10.2 Å². The number of benzene rings is 1. The van der Waals surface area contributed by atoms with Gasteiger partial charge in [0.05, 0.1) is 16.4 Å². The summed E-state index contributed by atoms with van der Waals surface area (Å²) in [5.74, 6) is 0. The van der Waals surface area contributed by atoms with Gasteiger partial charge in [0.25, 0.3) is 9.05 Å². The van der Waals surface area contributed by atoms with E-state index in [9.17, 15) is 8.42 Å². The summed E-state index contributed by atoms with van der Waals surface area (Å²) in [5, 5.41) is 4.64. The minimum atomic E-state index is -4.03. The molecule has 0 aliphatic carbocycles. The number of para-hydroxylation sites is 1. The third-order valence-electron chi connectivity index (χ3n) is 2.82. The molecule has 0 spiro atoms. The SMILES string of the molecule is CC(C)(C)c1nn(-c2ccccc2Cl)c(Cl)c1S(=O)(=O)Cl. The summed E-state index contributed by atoms with van der Waals surface area (Å²) in [6.45, 7) is 5.48. The summed E-state index contributed by atoms with van der Waals surface area (Å²) < 4.78 is 25.0. The summed E-state index contributed by atoms with van der Waals surface area (Å²) >= 11 is 12.3. The highest BCUT2D eigenvalue weighted by Crippen LogP contribution is 2.37. The van der Waals surface area contributed by atoms with Crippen LogP contribution in [-0.2, 0) is 14.5 Å². The quantitative estimate of drug-likeness (QED) is 0.739. The molecule has 0 bridgehead atoms. The monoisotopic (exact) mass is 366 g/mol. The molecule has 1 aromatic carbocycles. The van der Waals surface area contributed by atoms with Crippen molar-refractivity contribution in [1.29, 1.82) is 0 Å². The fourth-order valence-electron chi connectivity index (χ4n) is 1.87. The van der Waals surface area contributed by atoms with Crippen LogP contribution < -0.4 is 0 Å². The van der Waals surface area contributed by atoms with Gasteiger partial charge in [-0.3, -0.25) is 0 Å². The fourth-order valence-corrected chi connectivity index (χ4v) is 4.03. The lowest BCUT2D eigenvalue weighted by atomic mass is 9.92. The van der Waals surface area contributed by atoms with E-state index in [0.717, 1.165) is 0 Å². The second-order valence-corrected chi connectivity index (χ2v) is 8.79. The molecule has 8 heteroatoms. The lowest BCUT2D eigenvalue weighted by molar-refractivity contribution is 0.544. The van der Waals surface area contributed by atoms with Crippen LogP contribution in [0.5, 0.6) is 0 Å². The number of hydrogen-bond acceptors (Lipinski definition) is 3. The molecule has 0 saturated carbocycles. The Hall–Kier alpha value is -0.750. The highest BCUT2D eigenvalue weighted by molar-refractivity contribution is 8.13. The Morgan fingerprint density at radius 3 is 2.14 bits per heavy atom. The molecule has 1 aromatic heterocycles. The molecule has 1 heterocycles. The minimum Gasteiger partial charge on any atom is -0.219 e. The Labute approximate surface area is 138 Å². The van der Waals surface area contributed by atoms with Gasteiger partial charge in [-0.2, -0.15) is 5.10 Å². The molecule has 114 valence electrons. The maximum Gasteiger partial charge on any atom is 0.266 e. The summed E-state index contributed by atoms with van der Waals surface area (Å²) in [7, 11) is 1.48. The second-order valence-electron chi connectivity index (χ2n) is 5.52. The smallest absolute Gasteiger partial charge is 0.219 e. The molecular weight excluding hydrogens is 355 g/mol. The molecule has 0 N–H and O–H groups in total. The molecule has 0 unspecified atom stereocenters. The minimum absolute atomic E-state index is 0.0805. The van der Waals surface area contributed by atoms with Gasteiger partial charge in [0, 0.05) is 16.1 Å². The van der Waals surface area contributed by atoms with Crippen LogP contribution in [0.15, 0.2) is 29.2 Å². The summed E-state index contributed by atoms with van der Waals surface area (Å²) in [6, 6.07) is 6.87. The molecule has 0 fully saturated rings. The third kappa shape index (κ3) is 3.21. The Kier molecular flexibility index (Phi) is 4.32. The van der Waals surface area contributed by atoms with E-state index in [-0.39, 0.29) is 10.0 Å². The van der Waals surface area contributed by atoms with Gasteiger partial charge < -0.3 is 0 Å². The Morgan fingerprint density at radius 2 is 1.71 bits per heavy atom. The van der Waals surface area contributed by atoms with Crippen LogP contribution in [0.25, 0.3) is 5.69 Å². The highest BCUT2D eigenvalue weighted by atomic mass is 35.7. The zero-order valence-corrected chi connectivity index (χ0v) is 14.6. The molecule has 21 heavy (non-hydrogen) atoms. The molecule has 2 aromatic rings. The van der Waals surface area contributed by atoms with Crippen molar-refractivity contribution < 1.29 is 8.42 Å². The van der Waals surface area contributed by atoms with Crippen molar-refractivity contribution in [3.05, 3.63) is 40.1 Å². The van der Waals surface area contributed by atoms with E-state index in [1.807, 2.05) is 20.8 Å². The van der Waals surface area contributed by atoms with Crippen molar-refractivity contribution in [3.63, 3.8) is 0 Å². The number of halogens is 3. The van der Waals surface area contributed by atoms with E-state index in [1.54, 1.807) is 24.3 Å². The molecule has 0 saturated heterocycles. The van der Waals surface area contributed by atoms with E-state index in [4.69, 9.17) is 33.9 Å². The van der Waals surface area contributed by atoms with Crippen LogP contribution in [0, 0.1) is 0 Å². The molecule has 0 atom stereocenters. The summed E-state index contributed by atoms with van der Waals surface area (Å²) in [5.41, 5.74) is 0.233. The largest absolute Gasteiger partial charge is 0.266 e. The Balaban J connectivity index is 2.84. The lowest BCUT2D eigenvalue weighted by Gasteiger charge is -2.16. The topological polar surface area (TPSA) is 52.0 Å². The predicted molar refractivity (Wildman–Crippen MR) is 85.3 cm³/mol. The van der Waals surface area contributed by atoms with Gasteiger partial charge in [0.1, 0.15) is 4.90 Å². The van der Waals surface area contributed by atoms with Gasteiger partial charge in [-0.25, -0.2) is 13.1 Å². The molecule has 2 rings (SSSR count). The second kappa shape index (κ2) is 5.47. The van der Waals surface area contributed by atoms with Crippen molar-refractivity contribution in [1.82, 2.24) is 9.78 Å². The first-order valence-electron chi connectivity index (χ1n) is 6.02. The average Bonchev–Trinajstić information content (AvgIpc) is 2.67. The van der Waals surface area contributed by atoms with Crippen LogP contribution >= 0.6 is 33.9 Å². The van der Waals surface area contributed by atoms with Gasteiger partial charge in [0.15, 0.2) is 5.15 Å². The molecular formula is C13H13Cl3N2O2S. The lowest BCUT2D eigenvalue weighted by Crippen LogP contribution is -2.15. The first-order chi connectivity index (χ1) is 9.53. The zero-order valence-electron chi connectivity index (χ0n) is 11.6. The van der Waals surface area contributed by atoms with E-state index in [2.05, 4.69) is 5.10 Å². The van der Waals surface area contributed by atoms with E-state index in [0.29, 0.717) is 16.4 Å². The molecule has 0 aliphatic heterocycles. The van der Waals surface area contributed by atoms with E-state index in [1.165, 1.54) is 4.68 Å². The number of aromatic nitrogens is 2. The number of nitrogens with zero attached hydrogens (tertiary/aromatic N) is 2. The van der Waals surface area contributed by atoms with Crippen molar-refractivity contribution in [2.24, 2.45) is 0 Å². The number of rotatable bonds is 2. The van der Waals surface area contributed by atoms with Gasteiger partial charge in [-0.05, 0) is 12.1 Å². The Bertz CT molecular complexity index is 792. The number of hydrogen-bond donors (Lipinski definition) is 0. The predicted octanol–water partition coefficient (Wildman–Crippen LogP) is 4.40. The highest BCUT2D eigenvalue weighted by Gasteiger charge is 2.33. The third-order valence-corrected chi connectivity index (χ3v) is 4.94. The van der Waals surface area contributed by atoms with Gasteiger partial charge in [0.2, 0.25) is 0 Å². The molecule has 0 amide bonds. The van der Waals surface area contributed by atoms with Crippen LogP contribution in [0.3, 0.4) is 0 Å².